The summed E-state index contributed by atoms with van der Waals surface area (Å²) < 4.78 is 1.46. The number of ketones is 1. The fraction of sp³-hybridized carbons (Fsp3) is 0.733. The molecular formula is C15H26N6O2S. The molecule has 2 atom stereocenters. The fourth-order valence-electron chi connectivity index (χ4n) is 2.90. The predicted molar refractivity (Wildman–Crippen MR) is 93.4 cm³/mol. The molecule has 1 saturated heterocycles. The van der Waals surface area contributed by atoms with Crippen LogP contribution in [0.4, 0.5) is 0 Å². The Morgan fingerprint density at radius 2 is 2.17 bits per heavy atom. The second-order valence-corrected chi connectivity index (χ2v) is 7.11. The van der Waals surface area contributed by atoms with Crippen molar-refractivity contribution < 1.29 is 9.59 Å². The molecule has 0 saturated carbocycles. The average molecular weight is 354 g/mol. The molecule has 0 radical (unpaired) electrons. The van der Waals surface area contributed by atoms with Crippen LogP contribution in [-0.2, 0) is 9.59 Å². The van der Waals surface area contributed by atoms with Crippen molar-refractivity contribution in [2.24, 2.45) is 17.4 Å². The van der Waals surface area contributed by atoms with Crippen LogP contribution >= 0.6 is 11.8 Å². The van der Waals surface area contributed by atoms with E-state index in [2.05, 4.69) is 15.6 Å². The van der Waals surface area contributed by atoms with E-state index in [1.54, 1.807) is 18.0 Å². The Labute approximate surface area is 146 Å². The third-order valence-corrected chi connectivity index (χ3v) is 4.97. The van der Waals surface area contributed by atoms with Gasteiger partial charge in [0.25, 0.3) is 0 Å². The number of hydrogen-bond donors (Lipinski definition) is 3. The summed E-state index contributed by atoms with van der Waals surface area (Å²) in [4.78, 5) is 24.2. The van der Waals surface area contributed by atoms with Crippen LogP contribution < -0.4 is 16.8 Å². The molecule has 0 aliphatic carbocycles. The van der Waals surface area contributed by atoms with Crippen molar-refractivity contribution in [2.75, 3.05) is 25.1 Å². The van der Waals surface area contributed by atoms with Gasteiger partial charge in [-0.25, -0.2) is 4.68 Å². The van der Waals surface area contributed by atoms with Crippen LogP contribution in [0.2, 0.25) is 0 Å². The number of rotatable bonds is 9. The Morgan fingerprint density at radius 3 is 2.79 bits per heavy atom. The Hall–Kier alpha value is -1.45. The Balaban J connectivity index is 2.13. The Kier molecular flexibility index (Phi) is 7.19. The minimum Gasteiger partial charge on any atom is -0.370 e. The third kappa shape index (κ3) is 5.02. The second kappa shape index (κ2) is 9.14. The number of aromatic nitrogens is 3. The number of piperidine rings is 1. The highest BCUT2D eigenvalue weighted by Gasteiger charge is 2.31. The largest absolute Gasteiger partial charge is 0.370 e. The van der Waals surface area contributed by atoms with E-state index in [4.69, 9.17) is 11.5 Å². The van der Waals surface area contributed by atoms with E-state index in [9.17, 15) is 9.59 Å². The third-order valence-electron chi connectivity index (χ3n) is 4.32. The second-order valence-electron chi connectivity index (χ2n) is 6.12. The van der Waals surface area contributed by atoms with Crippen molar-refractivity contribution in [3.8, 4) is 0 Å². The lowest BCUT2D eigenvalue weighted by atomic mass is 9.88. The maximum Gasteiger partial charge on any atom is 0.220 e. The van der Waals surface area contributed by atoms with Gasteiger partial charge in [-0.05, 0) is 44.4 Å². The van der Waals surface area contributed by atoms with Gasteiger partial charge in [0.05, 0.1) is 24.4 Å². The number of nitrogens with one attached hydrogen (secondary N) is 1. The van der Waals surface area contributed by atoms with E-state index in [1.807, 2.05) is 6.26 Å². The van der Waals surface area contributed by atoms with Gasteiger partial charge in [-0.3, -0.25) is 9.59 Å². The molecule has 1 aromatic heterocycles. The molecule has 9 heteroatoms. The van der Waals surface area contributed by atoms with Gasteiger partial charge in [0.2, 0.25) is 5.91 Å². The minimum absolute atomic E-state index is 0.00411. The summed E-state index contributed by atoms with van der Waals surface area (Å²) in [7, 11) is 0. The van der Waals surface area contributed by atoms with Crippen LogP contribution in [0.1, 0.15) is 43.5 Å². The molecule has 1 aromatic rings. The molecular weight excluding hydrogens is 328 g/mol. The quantitative estimate of drug-likeness (QED) is 0.570. The van der Waals surface area contributed by atoms with Gasteiger partial charge in [-0.1, -0.05) is 5.21 Å². The number of amides is 1. The van der Waals surface area contributed by atoms with E-state index in [-0.39, 0.29) is 24.2 Å². The summed E-state index contributed by atoms with van der Waals surface area (Å²) in [5.41, 5.74) is 12.1. The van der Waals surface area contributed by atoms with Crippen LogP contribution in [0.3, 0.4) is 0 Å². The lowest BCUT2D eigenvalue weighted by Gasteiger charge is -2.25. The summed E-state index contributed by atoms with van der Waals surface area (Å²) >= 11 is 1.71. The predicted octanol–water partition coefficient (Wildman–Crippen LogP) is 0.0162. The molecule has 134 valence electrons. The van der Waals surface area contributed by atoms with Crippen LogP contribution in [0.15, 0.2) is 6.20 Å². The van der Waals surface area contributed by atoms with Crippen LogP contribution in [0, 0.1) is 5.92 Å². The van der Waals surface area contributed by atoms with Gasteiger partial charge < -0.3 is 16.8 Å². The van der Waals surface area contributed by atoms with Gasteiger partial charge in [0, 0.05) is 5.92 Å². The molecule has 1 aliphatic heterocycles. The lowest BCUT2D eigenvalue weighted by Crippen LogP contribution is -2.37. The normalized spacial score (nSPS) is 18.2. The monoisotopic (exact) mass is 354 g/mol. The molecule has 5 N–H and O–H groups in total. The topological polar surface area (TPSA) is 129 Å². The Morgan fingerprint density at radius 1 is 1.46 bits per heavy atom. The van der Waals surface area contributed by atoms with Gasteiger partial charge in [-0.2, -0.15) is 11.8 Å². The van der Waals surface area contributed by atoms with Gasteiger partial charge in [0.1, 0.15) is 6.04 Å². The van der Waals surface area contributed by atoms with Crippen molar-refractivity contribution in [3.63, 3.8) is 0 Å². The maximum absolute atomic E-state index is 12.8. The maximum atomic E-state index is 12.8. The number of primary amides is 1. The standard InChI is InChI=1S/C15H26N6O2S/c1-24-7-4-11(16)12-9-21(20-19-12)13(8-14(17)22)15(23)10-2-5-18-6-3-10/h9-11,13,18H,2-8,16H2,1H3,(H2,17,22)/t11-,13-/m0/s1. The molecule has 0 unspecified atom stereocenters. The van der Waals surface area contributed by atoms with Gasteiger partial charge in [0.15, 0.2) is 5.78 Å². The molecule has 0 spiro atoms. The highest BCUT2D eigenvalue weighted by Crippen LogP contribution is 2.24. The Bertz CT molecular complexity index is 558. The summed E-state index contributed by atoms with van der Waals surface area (Å²) in [5, 5.41) is 11.4. The number of Topliss-reactive ketones (excluding diaryl/α,β-unsaturated/α-hetero) is 1. The zero-order valence-electron chi connectivity index (χ0n) is 14.0. The first-order valence-electron chi connectivity index (χ1n) is 8.22. The molecule has 0 bridgehead atoms. The van der Waals surface area contributed by atoms with E-state index in [0.29, 0.717) is 5.69 Å². The number of nitrogens with two attached hydrogens (primary N) is 2. The number of carbonyl (C=O) groups excluding carboxylic acids is 2. The van der Waals surface area contributed by atoms with Crippen molar-refractivity contribution in [1.29, 1.82) is 0 Å². The van der Waals surface area contributed by atoms with Crippen molar-refractivity contribution in [1.82, 2.24) is 20.3 Å². The summed E-state index contributed by atoms with van der Waals surface area (Å²) in [6, 6.07) is -0.922. The molecule has 2 rings (SSSR count). The summed E-state index contributed by atoms with van der Waals surface area (Å²) in [6.45, 7) is 1.61. The molecule has 8 nitrogen and oxygen atoms in total. The first-order chi connectivity index (χ1) is 11.5. The average Bonchev–Trinajstić information content (AvgIpc) is 3.07. The highest BCUT2D eigenvalue weighted by molar-refractivity contribution is 7.98. The molecule has 2 heterocycles. The van der Waals surface area contributed by atoms with Crippen LogP contribution in [-0.4, -0.2) is 51.8 Å². The van der Waals surface area contributed by atoms with E-state index >= 15 is 0 Å². The fourth-order valence-corrected chi connectivity index (χ4v) is 3.39. The van der Waals surface area contributed by atoms with Crippen molar-refractivity contribution in [3.05, 3.63) is 11.9 Å². The van der Waals surface area contributed by atoms with Crippen LogP contribution in [0.25, 0.3) is 0 Å². The van der Waals surface area contributed by atoms with Crippen LogP contribution in [0.5, 0.6) is 0 Å². The van der Waals surface area contributed by atoms with E-state index < -0.39 is 11.9 Å². The number of nitrogens with zero attached hydrogens (tertiary/aromatic N) is 3. The molecule has 1 fully saturated rings. The minimum atomic E-state index is -0.695. The zero-order valence-corrected chi connectivity index (χ0v) is 14.8. The highest BCUT2D eigenvalue weighted by atomic mass is 32.2. The zero-order chi connectivity index (χ0) is 17.5. The number of thioether (sulfide) groups is 1. The summed E-state index contributed by atoms with van der Waals surface area (Å²) in [5.74, 6) is 0.330. The first kappa shape index (κ1) is 18.9. The number of hydrogen-bond acceptors (Lipinski definition) is 7. The van der Waals surface area contributed by atoms with E-state index in [0.717, 1.165) is 38.1 Å². The summed E-state index contributed by atoms with van der Waals surface area (Å²) in [6.07, 6.45) is 5.95. The first-order valence-corrected chi connectivity index (χ1v) is 9.61. The molecule has 0 aromatic carbocycles. The van der Waals surface area contributed by atoms with E-state index in [1.165, 1.54) is 4.68 Å². The van der Waals surface area contributed by atoms with Crippen molar-refractivity contribution in [2.45, 2.75) is 37.8 Å². The molecule has 1 amide bonds. The molecule has 24 heavy (non-hydrogen) atoms. The lowest BCUT2D eigenvalue weighted by molar-refractivity contribution is -0.130. The SMILES string of the molecule is CSCC[C@H](N)c1cn([C@@H](CC(N)=O)C(=O)C2CCNCC2)nn1. The van der Waals surface area contributed by atoms with Gasteiger partial charge >= 0.3 is 0 Å². The van der Waals surface area contributed by atoms with Gasteiger partial charge in [-0.15, -0.1) is 5.10 Å². The molecule has 1 aliphatic rings. The smallest absolute Gasteiger partial charge is 0.220 e. The van der Waals surface area contributed by atoms with Crippen molar-refractivity contribution >= 4 is 23.5 Å². The number of carbonyl (C=O) groups is 2.